The van der Waals surface area contributed by atoms with Gasteiger partial charge in [-0.15, -0.1) is 0 Å². The first-order valence-electron chi connectivity index (χ1n) is 10.6. The molecule has 0 saturated carbocycles. The van der Waals surface area contributed by atoms with Gasteiger partial charge >= 0.3 is 5.97 Å². The second-order valence-corrected chi connectivity index (χ2v) is 10.4. The molecule has 1 atom stereocenters. The number of ether oxygens (including phenoxy) is 3. The van der Waals surface area contributed by atoms with Crippen molar-refractivity contribution in [1.29, 1.82) is 0 Å². The second-order valence-electron chi connectivity index (χ2n) is 8.14. The van der Waals surface area contributed by atoms with Crippen molar-refractivity contribution < 1.29 is 32.2 Å². The van der Waals surface area contributed by atoms with E-state index in [0.717, 1.165) is 12.8 Å². The van der Waals surface area contributed by atoms with Gasteiger partial charge in [-0.3, -0.25) is 4.79 Å². The van der Waals surface area contributed by atoms with E-state index < -0.39 is 28.3 Å². The lowest BCUT2D eigenvalue weighted by Crippen LogP contribution is -2.45. The Balaban J connectivity index is 2.01. The fourth-order valence-corrected chi connectivity index (χ4v) is 5.13. The van der Waals surface area contributed by atoms with Crippen LogP contribution in [0.4, 0.5) is 0 Å². The highest BCUT2D eigenvalue weighted by Gasteiger charge is 2.35. The minimum atomic E-state index is -3.13. The van der Waals surface area contributed by atoms with Crippen LogP contribution in [0.15, 0.2) is 18.2 Å². The van der Waals surface area contributed by atoms with Gasteiger partial charge in [-0.1, -0.05) is 27.2 Å². The number of amides is 1. The number of esters is 1. The third-order valence-corrected chi connectivity index (χ3v) is 6.76. The highest BCUT2D eigenvalue weighted by atomic mass is 32.2. The lowest BCUT2D eigenvalue weighted by molar-refractivity contribution is -0.137. The zero-order chi connectivity index (χ0) is 23.0. The van der Waals surface area contributed by atoms with Crippen LogP contribution in [0.2, 0.25) is 0 Å². The van der Waals surface area contributed by atoms with Gasteiger partial charge in [0.15, 0.2) is 27.9 Å². The van der Waals surface area contributed by atoms with Gasteiger partial charge in [0.1, 0.15) is 0 Å². The minimum absolute atomic E-state index is 0.0455. The molecule has 1 saturated heterocycles. The number of sulfone groups is 1. The Bertz CT molecular complexity index is 867. The molecule has 1 fully saturated rings. The monoisotopic (exact) mass is 455 g/mol. The van der Waals surface area contributed by atoms with Crippen molar-refractivity contribution in [2.45, 2.75) is 46.1 Å². The molecule has 1 unspecified atom stereocenters. The van der Waals surface area contributed by atoms with Crippen molar-refractivity contribution in [2.24, 2.45) is 5.92 Å². The van der Waals surface area contributed by atoms with E-state index in [1.807, 2.05) is 13.8 Å². The minimum Gasteiger partial charge on any atom is -0.493 e. The van der Waals surface area contributed by atoms with Crippen molar-refractivity contribution in [3.63, 3.8) is 0 Å². The third kappa shape index (κ3) is 7.41. The highest BCUT2D eigenvalue weighted by molar-refractivity contribution is 7.91. The molecule has 8 nitrogen and oxygen atoms in total. The van der Waals surface area contributed by atoms with Crippen LogP contribution < -0.4 is 9.47 Å². The molecule has 1 amide bonds. The summed E-state index contributed by atoms with van der Waals surface area (Å²) in [4.78, 5) is 26.8. The van der Waals surface area contributed by atoms with Crippen LogP contribution in [0.1, 0.15) is 50.4 Å². The molecule has 31 heavy (non-hydrogen) atoms. The van der Waals surface area contributed by atoms with E-state index in [2.05, 4.69) is 6.92 Å². The zero-order valence-corrected chi connectivity index (χ0v) is 19.6. The van der Waals surface area contributed by atoms with Crippen molar-refractivity contribution in [2.75, 3.05) is 38.4 Å². The summed E-state index contributed by atoms with van der Waals surface area (Å²) in [5, 5.41) is 0. The number of carbonyl (C=O) groups is 2. The maximum Gasteiger partial charge on any atom is 0.338 e. The number of hydrogen-bond donors (Lipinski definition) is 0. The molecule has 0 bridgehead atoms. The molecular formula is C22H33NO7S. The van der Waals surface area contributed by atoms with Crippen LogP contribution in [0, 0.1) is 5.92 Å². The van der Waals surface area contributed by atoms with Gasteiger partial charge in [0, 0.05) is 12.6 Å². The summed E-state index contributed by atoms with van der Waals surface area (Å²) in [6.45, 7) is 6.48. The summed E-state index contributed by atoms with van der Waals surface area (Å²) in [5.74, 6) is 0.0871. The summed E-state index contributed by atoms with van der Waals surface area (Å²) >= 11 is 0. The molecular weight excluding hydrogens is 422 g/mol. The van der Waals surface area contributed by atoms with Gasteiger partial charge in [-0.2, -0.15) is 0 Å². The maximum absolute atomic E-state index is 12.7. The van der Waals surface area contributed by atoms with E-state index in [9.17, 15) is 18.0 Å². The first-order valence-corrected chi connectivity index (χ1v) is 12.5. The molecule has 0 spiro atoms. The van der Waals surface area contributed by atoms with Gasteiger partial charge < -0.3 is 19.1 Å². The molecule has 0 radical (unpaired) electrons. The second kappa shape index (κ2) is 11.4. The molecule has 1 aliphatic rings. The van der Waals surface area contributed by atoms with E-state index in [-0.39, 0.29) is 29.0 Å². The predicted octanol–water partition coefficient (Wildman–Crippen LogP) is 2.70. The van der Waals surface area contributed by atoms with Crippen molar-refractivity contribution in [1.82, 2.24) is 4.90 Å². The van der Waals surface area contributed by atoms with Crippen molar-refractivity contribution in [3.8, 4) is 11.5 Å². The number of unbranched alkanes of at least 4 members (excludes halogenated alkanes) is 1. The quantitative estimate of drug-likeness (QED) is 0.374. The SMILES string of the molecule is CCCCOc1ccc(C(=O)OCC(=O)N(CC(C)C)C2CCS(=O)(=O)C2)cc1OC. The molecule has 0 aliphatic carbocycles. The molecule has 2 rings (SSSR count). The lowest BCUT2D eigenvalue weighted by atomic mass is 10.1. The summed E-state index contributed by atoms with van der Waals surface area (Å²) in [5.41, 5.74) is 0.242. The van der Waals surface area contributed by atoms with Crippen LogP contribution in [0.3, 0.4) is 0 Å². The molecule has 1 aliphatic heterocycles. The Morgan fingerprint density at radius 2 is 1.97 bits per heavy atom. The Hall–Kier alpha value is -2.29. The van der Waals surface area contributed by atoms with E-state index in [4.69, 9.17) is 14.2 Å². The van der Waals surface area contributed by atoms with Crippen LogP contribution in [-0.2, 0) is 19.4 Å². The number of carbonyl (C=O) groups excluding carboxylic acids is 2. The van der Waals surface area contributed by atoms with Crippen LogP contribution >= 0.6 is 0 Å². The average molecular weight is 456 g/mol. The lowest BCUT2D eigenvalue weighted by Gasteiger charge is -2.29. The third-order valence-electron chi connectivity index (χ3n) is 5.01. The van der Waals surface area contributed by atoms with E-state index in [1.54, 1.807) is 12.1 Å². The molecule has 9 heteroatoms. The highest BCUT2D eigenvalue weighted by Crippen LogP contribution is 2.28. The fraction of sp³-hybridized carbons (Fsp3) is 0.636. The largest absolute Gasteiger partial charge is 0.493 e. The molecule has 174 valence electrons. The van der Waals surface area contributed by atoms with Gasteiger partial charge in [0.05, 0.1) is 30.8 Å². The zero-order valence-electron chi connectivity index (χ0n) is 18.8. The van der Waals surface area contributed by atoms with Gasteiger partial charge in [0.25, 0.3) is 5.91 Å². The predicted molar refractivity (Wildman–Crippen MR) is 117 cm³/mol. The Labute approximate surface area is 184 Å². The Kier molecular flexibility index (Phi) is 9.15. The Morgan fingerprint density at radius 1 is 1.23 bits per heavy atom. The Morgan fingerprint density at radius 3 is 2.55 bits per heavy atom. The number of hydrogen-bond acceptors (Lipinski definition) is 7. The van der Waals surface area contributed by atoms with Crippen LogP contribution in [0.5, 0.6) is 11.5 Å². The van der Waals surface area contributed by atoms with Crippen molar-refractivity contribution in [3.05, 3.63) is 23.8 Å². The smallest absolute Gasteiger partial charge is 0.338 e. The van der Waals surface area contributed by atoms with Crippen LogP contribution in [-0.4, -0.2) is 69.6 Å². The molecule has 0 aromatic heterocycles. The van der Waals surface area contributed by atoms with Crippen molar-refractivity contribution >= 4 is 21.7 Å². The summed E-state index contributed by atoms with van der Waals surface area (Å²) in [6, 6.07) is 4.34. The average Bonchev–Trinajstić information content (AvgIpc) is 3.09. The topological polar surface area (TPSA) is 99.2 Å². The van der Waals surface area contributed by atoms with E-state index in [0.29, 0.717) is 31.1 Å². The normalized spacial score (nSPS) is 17.4. The molecule has 1 heterocycles. The number of methoxy groups -OCH3 is 1. The van der Waals surface area contributed by atoms with E-state index >= 15 is 0 Å². The number of rotatable bonds is 11. The number of benzene rings is 1. The maximum atomic E-state index is 12.7. The summed E-state index contributed by atoms with van der Waals surface area (Å²) < 4.78 is 39.8. The molecule has 0 N–H and O–H groups in total. The first-order chi connectivity index (χ1) is 14.7. The first kappa shape index (κ1) is 25.0. The summed E-state index contributed by atoms with van der Waals surface area (Å²) in [6.07, 6.45) is 2.32. The van der Waals surface area contributed by atoms with E-state index in [1.165, 1.54) is 18.1 Å². The summed E-state index contributed by atoms with van der Waals surface area (Å²) in [7, 11) is -1.65. The van der Waals surface area contributed by atoms with Gasteiger partial charge in [0.2, 0.25) is 0 Å². The molecule has 1 aromatic rings. The van der Waals surface area contributed by atoms with Crippen LogP contribution in [0.25, 0.3) is 0 Å². The number of nitrogens with zero attached hydrogens (tertiary/aromatic N) is 1. The standard InChI is InChI=1S/C22H33NO7S/c1-5-6-10-29-19-8-7-17(12-20(19)28-4)22(25)30-14-21(24)23(13-16(2)3)18-9-11-31(26,27)15-18/h7-8,12,16,18H,5-6,9-11,13-15H2,1-4H3. The van der Waals surface area contributed by atoms with Gasteiger partial charge in [-0.25, -0.2) is 13.2 Å². The van der Waals surface area contributed by atoms with Gasteiger partial charge in [-0.05, 0) is 37.0 Å². The molecule has 1 aromatic carbocycles. The fourth-order valence-electron chi connectivity index (χ4n) is 3.40.